The van der Waals surface area contributed by atoms with E-state index in [-0.39, 0.29) is 0 Å². The van der Waals surface area contributed by atoms with Gasteiger partial charge in [0.05, 0.1) is 21.8 Å². The first-order valence-electron chi connectivity index (χ1n) is 5.09. The van der Waals surface area contributed by atoms with E-state index in [0.29, 0.717) is 16.5 Å². The molecule has 0 spiro atoms. The van der Waals surface area contributed by atoms with Gasteiger partial charge in [0.2, 0.25) is 0 Å². The summed E-state index contributed by atoms with van der Waals surface area (Å²) in [5.41, 5.74) is 3.10. The fourth-order valence-electron chi connectivity index (χ4n) is 1.81. The van der Waals surface area contributed by atoms with Gasteiger partial charge in [0.15, 0.2) is 5.65 Å². The van der Waals surface area contributed by atoms with Crippen LogP contribution in [0.1, 0.15) is 11.5 Å². The molecule has 6 heteroatoms. The molecule has 0 saturated heterocycles. The summed E-state index contributed by atoms with van der Waals surface area (Å²) in [5.74, 6) is 1.43. The van der Waals surface area contributed by atoms with Gasteiger partial charge < -0.3 is 9.51 Å². The Hall–Kier alpha value is -1.88. The number of nitrogens with one attached hydrogen (secondary N) is 1. The summed E-state index contributed by atoms with van der Waals surface area (Å²) in [4.78, 5) is 11.7. The number of aromatic nitrogens is 4. The molecule has 3 rings (SSSR count). The van der Waals surface area contributed by atoms with Gasteiger partial charge in [-0.1, -0.05) is 16.8 Å². The summed E-state index contributed by atoms with van der Waals surface area (Å²) in [5, 5.41) is 4.47. The molecule has 1 N–H and O–H groups in total. The number of H-pyrrole nitrogens is 1. The van der Waals surface area contributed by atoms with Crippen molar-refractivity contribution in [3.63, 3.8) is 0 Å². The number of pyridine rings is 1. The molecule has 0 aromatic carbocycles. The van der Waals surface area contributed by atoms with Crippen LogP contribution in [0, 0.1) is 13.8 Å². The van der Waals surface area contributed by atoms with Crippen LogP contribution in [0.4, 0.5) is 0 Å². The summed E-state index contributed by atoms with van der Waals surface area (Å²) in [6, 6.07) is 1.79. The number of rotatable bonds is 1. The Balaban J connectivity index is 2.25. The van der Waals surface area contributed by atoms with Crippen LogP contribution in [0.5, 0.6) is 0 Å². The Morgan fingerprint density at radius 3 is 2.88 bits per heavy atom. The van der Waals surface area contributed by atoms with Crippen molar-refractivity contribution in [1.29, 1.82) is 0 Å². The lowest BCUT2D eigenvalue weighted by atomic mass is 10.2. The van der Waals surface area contributed by atoms with E-state index in [1.54, 1.807) is 12.3 Å². The molecular formula is C11H9ClN4O. The molecule has 0 aliphatic rings. The molecule has 3 heterocycles. The fourth-order valence-corrected chi connectivity index (χ4v) is 1.97. The number of halogens is 1. The third-order valence-electron chi connectivity index (χ3n) is 2.57. The predicted molar refractivity (Wildman–Crippen MR) is 63.9 cm³/mol. The average molecular weight is 249 g/mol. The van der Waals surface area contributed by atoms with Crippen LogP contribution >= 0.6 is 11.6 Å². The minimum atomic E-state index is 0.575. The van der Waals surface area contributed by atoms with Crippen LogP contribution in [-0.4, -0.2) is 20.1 Å². The van der Waals surface area contributed by atoms with Gasteiger partial charge >= 0.3 is 0 Å². The van der Waals surface area contributed by atoms with E-state index in [4.69, 9.17) is 16.1 Å². The van der Waals surface area contributed by atoms with E-state index in [0.717, 1.165) is 22.5 Å². The highest BCUT2D eigenvalue weighted by molar-refractivity contribution is 6.31. The van der Waals surface area contributed by atoms with Gasteiger partial charge in [-0.15, -0.1) is 0 Å². The monoisotopic (exact) mass is 248 g/mol. The Bertz CT molecular complexity index is 681. The van der Waals surface area contributed by atoms with Gasteiger partial charge in [0, 0.05) is 6.20 Å². The van der Waals surface area contributed by atoms with Gasteiger partial charge in [0.25, 0.3) is 0 Å². The molecule has 17 heavy (non-hydrogen) atoms. The quantitative estimate of drug-likeness (QED) is 0.719. The normalized spacial score (nSPS) is 11.2. The van der Waals surface area contributed by atoms with E-state index in [1.165, 1.54) is 0 Å². The van der Waals surface area contributed by atoms with Crippen molar-refractivity contribution in [2.45, 2.75) is 13.8 Å². The van der Waals surface area contributed by atoms with Crippen LogP contribution in [0.15, 0.2) is 16.8 Å². The van der Waals surface area contributed by atoms with Gasteiger partial charge in [0.1, 0.15) is 11.6 Å². The summed E-state index contributed by atoms with van der Waals surface area (Å²) in [6.45, 7) is 3.72. The standard InChI is InChI=1S/C11H9ClN4O/c1-5-9(6(2)17-16-5)11-14-8-3-7(12)4-13-10(8)15-11/h3-4H,1-2H3,(H,13,14,15). The molecule has 3 aromatic heterocycles. The highest BCUT2D eigenvalue weighted by Crippen LogP contribution is 2.26. The smallest absolute Gasteiger partial charge is 0.178 e. The Morgan fingerprint density at radius 2 is 2.18 bits per heavy atom. The van der Waals surface area contributed by atoms with Crippen molar-refractivity contribution in [3.05, 3.63) is 28.7 Å². The largest absolute Gasteiger partial charge is 0.361 e. The third-order valence-corrected chi connectivity index (χ3v) is 2.78. The van der Waals surface area contributed by atoms with Crippen molar-refractivity contribution < 1.29 is 4.52 Å². The van der Waals surface area contributed by atoms with E-state index >= 15 is 0 Å². The lowest BCUT2D eigenvalue weighted by Crippen LogP contribution is -1.83. The fraction of sp³-hybridized carbons (Fsp3) is 0.182. The second-order valence-corrected chi connectivity index (χ2v) is 4.25. The Labute approximate surface area is 102 Å². The average Bonchev–Trinajstić information content (AvgIpc) is 2.81. The summed E-state index contributed by atoms with van der Waals surface area (Å²) < 4.78 is 5.11. The van der Waals surface area contributed by atoms with Crippen LogP contribution in [0.3, 0.4) is 0 Å². The zero-order valence-electron chi connectivity index (χ0n) is 9.28. The molecule has 0 radical (unpaired) electrons. The minimum Gasteiger partial charge on any atom is -0.361 e. The molecule has 0 aliphatic heterocycles. The van der Waals surface area contributed by atoms with E-state index in [2.05, 4.69) is 20.1 Å². The molecular weight excluding hydrogens is 240 g/mol. The first kappa shape index (κ1) is 10.3. The first-order valence-corrected chi connectivity index (χ1v) is 5.47. The van der Waals surface area contributed by atoms with Gasteiger partial charge in [-0.2, -0.15) is 0 Å². The Morgan fingerprint density at radius 1 is 1.35 bits per heavy atom. The maximum atomic E-state index is 5.87. The number of hydrogen-bond acceptors (Lipinski definition) is 4. The van der Waals surface area contributed by atoms with Crippen LogP contribution in [0.2, 0.25) is 5.02 Å². The number of aromatic amines is 1. The lowest BCUT2D eigenvalue weighted by Gasteiger charge is -1.92. The zero-order valence-corrected chi connectivity index (χ0v) is 10.0. The number of aryl methyl sites for hydroxylation is 2. The predicted octanol–water partition coefficient (Wildman–Crippen LogP) is 2.88. The first-order chi connectivity index (χ1) is 8.15. The minimum absolute atomic E-state index is 0.575. The molecule has 86 valence electrons. The summed E-state index contributed by atoms with van der Waals surface area (Å²) in [7, 11) is 0. The lowest BCUT2D eigenvalue weighted by molar-refractivity contribution is 0.393. The number of imidazole rings is 1. The highest BCUT2D eigenvalue weighted by atomic mass is 35.5. The van der Waals surface area contributed by atoms with Crippen molar-refractivity contribution >= 4 is 22.8 Å². The summed E-state index contributed by atoms with van der Waals surface area (Å²) >= 11 is 5.87. The van der Waals surface area contributed by atoms with Crippen LogP contribution in [-0.2, 0) is 0 Å². The molecule has 0 unspecified atom stereocenters. The number of fused-ring (bicyclic) bond motifs is 1. The molecule has 0 saturated carbocycles. The molecule has 0 amide bonds. The molecule has 5 nitrogen and oxygen atoms in total. The third kappa shape index (κ3) is 1.59. The van der Waals surface area contributed by atoms with E-state index < -0.39 is 0 Å². The number of nitrogens with zero attached hydrogens (tertiary/aromatic N) is 3. The molecule has 3 aromatic rings. The molecule has 0 aliphatic carbocycles. The number of hydrogen-bond donors (Lipinski definition) is 1. The van der Waals surface area contributed by atoms with Gasteiger partial charge in [-0.25, -0.2) is 9.97 Å². The second kappa shape index (κ2) is 3.56. The molecule has 0 bridgehead atoms. The van der Waals surface area contributed by atoms with Crippen LogP contribution < -0.4 is 0 Å². The van der Waals surface area contributed by atoms with Crippen LogP contribution in [0.25, 0.3) is 22.6 Å². The van der Waals surface area contributed by atoms with Gasteiger partial charge in [-0.3, -0.25) is 0 Å². The van der Waals surface area contributed by atoms with Crippen molar-refractivity contribution in [3.8, 4) is 11.4 Å². The second-order valence-electron chi connectivity index (χ2n) is 3.81. The summed E-state index contributed by atoms with van der Waals surface area (Å²) in [6.07, 6.45) is 1.57. The maximum Gasteiger partial charge on any atom is 0.178 e. The molecule has 0 fully saturated rings. The van der Waals surface area contributed by atoms with Gasteiger partial charge in [-0.05, 0) is 19.9 Å². The zero-order chi connectivity index (χ0) is 12.0. The topological polar surface area (TPSA) is 67.6 Å². The van der Waals surface area contributed by atoms with E-state index in [9.17, 15) is 0 Å². The van der Waals surface area contributed by atoms with E-state index in [1.807, 2.05) is 13.8 Å². The molecule has 0 atom stereocenters. The maximum absolute atomic E-state index is 5.87. The Kier molecular flexibility index (Phi) is 2.16. The van der Waals surface area contributed by atoms with Crippen molar-refractivity contribution in [1.82, 2.24) is 20.1 Å². The van der Waals surface area contributed by atoms with Crippen molar-refractivity contribution in [2.24, 2.45) is 0 Å². The highest BCUT2D eigenvalue weighted by Gasteiger charge is 2.15. The SMILES string of the molecule is Cc1noc(C)c1-c1nc2ncc(Cl)cc2[nH]1. The van der Waals surface area contributed by atoms with Crippen molar-refractivity contribution in [2.75, 3.05) is 0 Å².